The molecule has 0 radical (unpaired) electrons. The summed E-state index contributed by atoms with van der Waals surface area (Å²) in [5.41, 5.74) is 0.762. The van der Waals surface area contributed by atoms with Crippen molar-refractivity contribution in [2.45, 2.75) is 30.7 Å². The summed E-state index contributed by atoms with van der Waals surface area (Å²) in [6, 6.07) is 3.34. The second-order valence-corrected chi connectivity index (χ2v) is 7.95. The summed E-state index contributed by atoms with van der Waals surface area (Å²) < 4.78 is 23.9. The molecule has 1 amide bonds. The van der Waals surface area contributed by atoms with Gasteiger partial charge in [0.1, 0.15) is 0 Å². The predicted octanol–water partition coefficient (Wildman–Crippen LogP) is 1.23. The second-order valence-electron chi connectivity index (χ2n) is 5.50. The van der Waals surface area contributed by atoms with E-state index >= 15 is 0 Å². The summed E-state index contributed by atoms with van der Waals surface area (Å²) in [5, 5.41) is 8.42. The van der Waals surface area contributed by atoms with Crippen molar-refractivity contribution in [3.05, 3.63) is 27.7 Å². The first kappa shape index (κ1) is 17.4. The minimum atomic E-state index is -3.87. The molecular formula is C14H20BrN3O3S. The number of hydrogen-bond donors (Lipinski definition) is 2. The summed E-state index contributed by atoms with van der Waals surface area (Å²) >= 11 is 3.25. The molecule has 0 bridgehead atoms. The average Bonchev–Trinajstić information content (AvgIpc) is 2.47. The highest BCUT2D eigenvalue weighted by Gasteiger charge is 2.26. The third-order valence-corrected chi connectivity index (χ3v) is 5.47. The van der Waals surface area contributed by atoms with Crippen LogP contribution in [-0.4, -0.2) is 45.4 Å². The molecule has 1 saturated heterocycles. The maximum Gasteiger partial charge on any atom is 0.254 e. The van der Waals surface area contributed by atoms with Gasteiger partial charge in [0, 0.05) is 29.2 Å². The molecule has 22 heavy (non-hydrogen) atoms. The van der Waals surface area contributed by atoms with Gasteiger partial charge in [-0.1, -0.05) is 15.9 Å². The molecule has 0 unspecified atom stereocenters. The number of carbonyl (C=O) groups excluding carboxylic acids is 1. The maximum absolute atomic E-state index is 12.8. The predicted molar refractivity (Wildman–Crippen MR) is 88.2 cm³/mol. The van der Waals surface area contributed by atoms with E-state index in [1.807, 2.05) is 7.05 Å². The van der Waals surface area contributed by atoms with Crippen molar-refractivity contribution in [3.8, 4) is 0 Å². The highest BCUT2D eigenvalue weighted by atomic mass is 79.9. The Kier molecular flexibility index (Phi) is 5.26. The van der Waals surface area contributed by atoms with Gasteiger partial charge in [0.25, 0.3) is 5.91 Å². The van der Waals surface area contributed by atoms with E-state index in [1.165, 1.54) is 6.07 Å². The molecule has 0 aliphatic carbocycles. The fourth-order valence-corrected chi connectivity index (χ4v) is 4.18. The number of rotatable bonds is 3. The zero-order valence-corrected chi connectivity index (χ0v) is 15.0. The van der Waals surface area contributed by atoms with Crippen molar-refractivity contribution in [1.82, 2.24) is 10.2 Å². The fourth-order valence-electron chi connectivity index (χ4n) is 2.74. The van der Waals surface area contributed by atoms with Crippen molar-refractivity contribution in [1.29, 1.82) is 0 Å². The van der Waals surface area contributed by atoms with E-state index in [2.05, 4.69) is 21.2 Å². The van der Waals surface area contributed by atoms with Crippen LogP contribution in [0.15, 0.2) is 21.5 Å². The maximum atomic E-state index is 12.8. The van der Waals surface area contributed by atoms with Gasteiger partial charge < -0.3 is 10.2 Å². The Morgan fingerprint density at radius 2 is 2.14 bits per heavy atom. The Morgan fingerprint density at radius 3 is 2.73 bits per heavy atom. The quantitative estimate of drug-likeness (QED) is 0.812. The lowest BCUT2D eigenvalue weighted by molar-refractivity contribution is 0.0697. The Hall–Kier alpha value is -0.960. The van der Waals surface area contributed by atoms with Crippen LogP contribution in [0, 0.1) is 6.92 Å². The summed E-state index contributed by atoms with van der Waals surface area (Å²) in [7, 11) is -1.99. The Morgan fingerprint density at radius 1 is 1.45 bits per heavy atom. The number of piperidine rings is 1. The molecule has 122 valence electrons. The minimum absolute atomic E-state index is 0.0209. The number of likely N-dealkylation sites (N-methyl/N-ethyl adjacent to an activating group) is 1. The first-order valence-electron chi connectivity index (χ1n) is 7.03. The van der Waals surface area contributed by atoms with Crippen molar-refractivity contribution < 1.29 is 13.2 Å². The van der Waals surface area contributed by atoms with E-state index in [0.29, 0.717) is 28.7 Å². The Balaban J connectivity index is 2.40. The SMILES string of the molecule is CN[C@H]1CCCN(C(=O)c2cc(Br)cc(S(N)(=O)=O)c2C)C1. The van der Waals surface area contributed by atoms with E-state index in [0.717, 1.165) is 12.8 Å². The summed E-state index contributed by atoms with van der Waals surface area (Å²) in [4.78, 5) is 14.5. The average molecular weight is 390 g/mol. The van der Waals surface area contributed by atoms with Crippen LogP contribution in [0.1, 0.15) is 28.8 Å². The van der Waals surface area contributed by atoms with Gasteiger partial charge in [0.2, 0.25) is 10.0 Å². The minimum Gasteiger partial charge on any atom is -0.337 e. The number of amides is 1. The molecule has 8 heteroatoms. The van der Waals surface area contributed by atoms with Crippen molar-refractivity contribution in [3.63, 3.8) is 0 Å². The van der Waals surface area contributed by atoms with Gasteiger partial charge in [-0.15, -0.1) is 0 Å². The number of halogens is 1. The van der Waals surface area contributed by atoms with Crippen molar-refractivity contribution in [2.24, 2.45) is 5.14 Å². The zero-order valence-electron chi connectivity index (χ0n) is 12.6. The number of likely N-dealkylation sites (tertiary alicyclic amines) is 1. The third-order valence-electron chi connectivity index (χ3n) is 3.98. The number of nitrogens with two attached hydrogens (primary N) is 1. The van der Waals surface area contributed by atoms with E-state index in [4.69, 9.17) is 5.14 Å². The molecule has 3 N–H and O–H groups in total. The van der Waals surface area contributed by atoms with Crippen molar-refractivity contribution >= 4 is 31.9 Å². The lowest BCUT2D eigenvalue weighted by Crippen LogP contribution is -2.47. The summed E-state index contributed by atoms with van der Waals surface area (Å²) in [5.74, 6) is -0.163. The van der Waals surface area contributed by atoms with Crippen LogP contribution in [0.25, 0.3) is 0 Å². The number of benzene rings is 1. The number of primary sulfonamides is 1. The molecule has 1 aliphatic heterocycles. The molecule has 1 aromatic carbocycles. The van der Waals surface area contributed by atoms with E-state index in [-0.39, 0.29) is 16.8 Å². The number of sulfonamides is 1. The van der Waals surface area contributed by atoms with Gasteiger partial charge >= 0.3 is 0 Å². The molecule has 1 fully saturated rings. The topological polar surface area (TPSA) is 92.5 Å². The number of nitrogens with one attached hydrogen (secondary N) is 1. The highest BCUT2D eigenvalue weighted by Crippen LogP contribution is 2.26. The second kappa shape index (κ2) is 6.66. The van der Waals surface area contributed by atoms with Crippen LogP contribution >= 0.6 is 15.9 Å². The molecule has 1 aliphatic rings. The van der Waals surface area contributed by atoms with Crippen LogP contribution in [0.5, 0.6) is 0 Å². The van der Waals surface area contributed by atoms with Crippen molar-refractivity contribution in [2.75, 3.05) is 20.1 Å². The van der Waals surface area contributed by atoms with Crippen LogP contribution in [0.4, 0.5) is 0 Å². The largest absolute Gasteiger partial charge is 0.337 e. The molecule has 2 rings (SSSR count). The first-order chi connectivity index (χ1) is 10.2. The fraction of sp³-hybridized carbons (Fsp3) is 0.500. The van der Waals surface area contributed by atoms with Gasteiger partial charge in [-0.2, -0.15) is 0 Å². The van der Waals surface area contributed by atoms with E-state index in [1.54, 1.807) is 17.9 Å². The number of nitrogens with zero attached hydrogens (tertiary/aromatic N) is 1. The Labute approximate surface area is 139 Å². The van der Waals surface area contributed by atoms with Gasteiger partial charge in [-0.3, -0.25) is 4.79 Å². The zero-order chi connectivity index (χ0) is 16.5. The Bertz CT molecular complexity index is 691. The molecular weight excluding hydrogens is 370 g/mol. The van der Waals surface area contributed by atoms with Crippen LogP contribution in [-0.2, 0) is 10.0 Å². The van der Waals surface area contributed by atoms with Crippen LogP contribution < -0.4 is 10.5 Å². The molecule has 6 nitrogen and oxygen atoms in total. The molecule has 0 aromatic heterocycles. The van der Waals surface area contributed by atoms with Crippen LogP contribution in [0.3, 0.4) is 0 Å². The molecule has 0 saturated carbocycles. The van der Waals surface area contributed by atoms with E-state index in [9.17, 15) is 13.2 Å². The summed E-state index contributed by atoms with van der Waals surface area (Å²) in [6.45, 7) is 2.90. The smallest absolute Gasteiger partial charge is 0.254 e. The summed E-state index contributed by atoms with van der Waals surface area (Å²) in [6.07, 6.45) is 1.95. The van der Waals surface area contributed by atoms with Gasteiger partial charge in [0.05, 0.1) is 4.90 Å². The van der Waals surface area contributed by atoms with Gasteiger partial charge in [-0.05, 0) is 44.5 Å². The lowest BCUT2D eigenvalue weighted by Gasteiger charge is -2.33. The lowest BCUT2D eigenvalue weighted by atomic mass is 10.0. The molecule has 1 heterocycles. The highest BCUT2D eigenvalue weighted by molar-refractivity contribution is 9.10. The molecule has 1 aromatic rings. The normalized spacial score (nSPS) is 19.3. The molecule has 1 atom stereocenters. The standard InChI is InChI=1S/C14H20BrN3O3S/c1-9-12(6-10(15)7-13(9)22(16,20)21)14(19)18-5-3-4-11(8-18)17-2/h6-7,11,17H,3-5,8H2,1-2H3,(H2,16,20,21)/t11-/m0/s1. The first-order valence-corrected chi connectivity index (χ1v) is 9.37. The van der Waals surface area contributed by atoms with Crippen LogP contribution in [0.2, 0.25) is 0 Å². The number of carbonyl (C=O) groups is 1. The third kappa shape index (κ3) is 3.68. The van der Waals surface area contributed by atoms with E-state index < -0.39 is 10.0 Å². The monoisotopic (exact) mass is 389 g/mol. The molecule has 0 spiro atoms. The van der Waals surface area contributed by atoms with Gasteiger partial charge in [0.15, 0.2) is 0 Å². The number of hydrogen-bond acceptors (Lipinski definition) is 4. The van der Waals surface area contributed by atoms with Gasteiger partial charge in [-0.25, -0.2) is 13.6 Å².